The first kappa shape index (κ1) is 9.54. The molecule has 5 heteroatoms. The van der Waals surface area contributed by atoms with E-state index in [0.29, 0.717) is 5.09 Å². The van der Waals surface area contributed by atoms with E-state index in [1.807, 2.05) is 6.26 Å². The molecule has 0 spiro atoms. The molecule has 0 aliphatic carbocycles. The van der Waals surface area contributed by atoms with Gasteiger partial charge in [0.15, 0.2) is 5.09 Å². The first-order chi connectivity index (χ1) is 5.77. The lowest BCUT2D eigenvalue weighted by Crippen LogP contribution is -1.97. The summed E-state index contributed by atoms with van der Waals surface area (Å²) < 4.78 is 9.62. The van der Waals surface area contributed by atoms with Crippen LogP contribution >= 0.6 is 21.6 Å². The standard InChI is InChI=1S/C7H8O3S2/c1-9-7(8)5-3-4-6(10-5)12-11-2/h3-4H,1-2H3. The average Bonchev–Trinajstić information content (AvgIpc) is 2.52. The molecule has 1 rings (SSSR count). The van der Waals surface area contributed by atoms with Crippen LogP contribution in [0.15, 0.2) is 21.6 Å². The number of carbonyl (C=O) groups is 1. The molecule has 66 valence electrons. The minimum Gasteiger partial charge on any atom is -0.463 e. The summed E-state index contributed by atoms with van der Waals surface area (Å²) in [6.07, 6.45) is 1.94. The van der Waals surface area contributed by atoms with Crippen molar-refractivity contribution in [3.8, 4) is 0 Å². The molecular formula is C7H8O3S2. The summed E-state index contributed by atoms with van der Waals surface area (Å²) in [5.74, 6) is -0.197. The van der Waals surface area contributed by atoms with Crippen molar-refractivity contribution < 1.29 is 13.9 Å². The number of furan rings is 1. The highest BCUT2D eigenvalue weighted by Crippen LogP contribution is 2.29. The summed E-state index contributed by atoms with van der Waals surface area (Å²) in [5, 5.41) is 0.711. The summed E-state index contributed by atoms with van der Waals surface area (Å²) in [5.41, 5.74) is 0. The maximum Gasteiger partial charge on any atom is 0.374 e. The van der Waals surface area contributed by atoms with Crippen LogP contribution in [-0.4, -0.2) is 19.3 Å². The quantitative estimate of drug-likeness (QED) is 0.558. The van der Waals surface area contributed by atoms with E-state index in [0.717, 1.165) is 0 Å². The van der Waals surface area contributed by atoms with Gasteiger partial charge in [-0.1, -0.05) is 10.8 Å². The molecule has 0 aliphatic heterocycles. The van der Waals surface area contributed by atoms with Crippen molar-refractivity contribution in [3.63, 3.8) is 0 Å². The highest BCUT2D eigenvalue weighted by atomic mass is 33.1. The third kappa shape index (κ3) is 2.22. The van der Waals surface area contributed by atoms with Gasteiger partial charge in [0, 0.05) is 0 Å². The van der Waals surface area contributed by atoms with E-state index < -0.39 is 5.97 Å². The van der Waals surface area contributed by atoms with Crippen molar-refractivity contribution in [2.45, 2.75) is 5.09 Å². The average molecular weight is 204 g/mol. The van der Waals surface area contributed by atoms with E-state index in [4.69, 9.17) is 4.42 Å². The molecule has 12 heavy (non-hydrogen) atoms. The normalized spacial score (nSPS) is 9.83. The molecule has 0 atom stereocenters. The maximum atomic E-state index is 10.9. The first-order valence-electron chi connectivity index (χ1n) is 3.16. The molecule has 0 radical (unpaired) electrons. The monoisotopic (exact) mass is 204 g/mol. The van der Waals surface area contributed by atoms with Crippen molar-refractivity contribution in [3.05, 3.63) is 17.9 Å². The van der Waals surface area contributed by atoms with E-state index in [1.54, 1.807) is 22.9 Å². The lowest BCUT2D eigenvalue weighted by molar-refractivity contribution is 0.0559. The number of carbonyl (C=O) groups excluding carboxylic acids is 1. The number of ether oxygens (including phenoxy) is 1. The van der Waals surface area contributed by atoms with Gasteiger partial charge >= 0.3 is 5.97 Å². The molecule has 3 nitrogen and oxygen atoms in total. The molecular weight excluding hydrogens is 196 g/mol. The van der Waals surface area contributed by atoms with E-state index in [9.17, 15) is 4.79 Å². The van der Waals surface area contributed by atoms with Crippen LogP contribution in [0, 0.1) is 0 Å². The van der Waals surface area contributed by atoms with Crippen LogP contribution in [0.1, 0.15) is 10.6 Å². The van der Waals surface area contributed by atoms with Crippen molar-refractivity contribution in [2.24, 2.45) is 0 Å². The van der Waals surface area contributed by atoms with E-state index in [1.165, 1.54) is 17.9 Å². The van der Waals surface area contributed by atoms with Crippen LogP contribution in [0.5, 0.6) is 0 Å². The van der Waals surface area contributed by atoms with Crippen LogP contribution in [0.25, 0.3) is 0 Å². The Bertz CT molecular complexity index is 269. The molecule has 0 fully saturated rings. The first-order valence-corrected chi connectivity index (χ1v) is 5.72. The fraction of sp³-hybridized carbons (Fsp3) is 0.286. The molecule has 0 N–H and O–H groups in total. The SMILES string of the molecule is COC(=O)c1ccc(SSC)o1. The van der Waals surface area contributed by atoms with Crippen molar-refractivity contribution in [2.75, 3.05) is 13.4 Å². The van der Waals surface area contributed by atoms with E-state index in [2.05, 4.69) is 4.74 Å². The van der Waals surface area contributed by atoms with Crippen LogP contribution < -0.4 is 0 Å². The Balaban J connectivity index is 2.70. The number of hydrogen-bond donors (Lipinski definition) is 0. The summed E-state index contributed by atoms with van der Waals surface area (Å²) in [6.45, 7) is 0. The van der Waals surface area contributed by atoms with E-state index >= 15 is 0 Å². The molecule has 0 amide bonds. The molecule has 0 unspecified atom stereocenters. The van der Waals surface area contributed by atoms with Crippen LogP contribution in [0.3, 0.4) is 0 Å². The Kier molecular flexibility index (Phi) is 3.55. The predicted octanol–water partition coefficient (Wildman–Crippen LogP) is 2.44. The highest BCUT2D eigenvalue weighted by Gasteiger charge is 2.10. The number of hydrogen-bond acceptors (Lipinski definition) is 5. The van der Waals surface area contributed by atoms with Gasteiger partial charge in [-0.25, -0.2) is 4.79 Å². The largest absolute Gasteiger partial charge is 0.463 e. The summed E-state index contributed by atoms with van der Waals surface area (Å²) in [7, 11) is 4.35. The third-order valence-corrected chi connectivity index (χ3v) is 2.68. The predicted molar refractivity (Wildman–Crippen MR) is 49.4 cm³/mol. The molecule has 1 aromatic rings. The summed E-state index contributed by atoms with van der Waals surface area (Å²) in [6, 6.07) is 3.35. The summed E-state index contributed by atoms with van der Waals surface area (Å²) in [4.78, 5) is 10.9. The molecule has 0 saturated carbocycles. The second-order valence-electron chi connectivity index (χ2n) is 1.86. The van der Waals surface area contributed by atoms with Crippen LogP contribution in [0.4, 0.5) is 0 Å². The smallest absolute Gasteiger partial charge is 0.374 e. The van der Waals surface area contributed by atoms with Gasteiger partial charge in [-0.15, -0.1) is 0 Å². The molecule has 1 aromatic heterocycles. The fourth-order valence-corrected chi connectivity index (χ4v) is 1.83. The Labute approximate surface area is 78.2 Å². The highest BCUT2D eigenvalue weighted by molar-refractivity contribution is 8.76. The zero-order chi connectivity index (χ0) is 8.97. The van der Waals surface area contributed by atoms with Crippen LogP contribution in [0.2, 0.25) is 0 Å². The Hall–Kier alpha value is -0.550. The van der Waals surface area contributed by atoms with Gasteiger partial charge in [0.25, 0.3) is 0 Å². The Morgan fingerprint density at radius 1 is 1.58 bits per heavy atom. The van der Waals surface area contributed by atoms with Gasteiger partial charge in [-0.2, -0.15) is 0 Å². The lowest BCUT2D eigenvalue weighted by Gasteiger charge is -1.92. The van der Waals surface area contributed by atoms with Crippen LogP contribution in [-0.2, 0) is 4.74 Å². The number of rotatable bonds is 3. The number of methoxy groups -OCH3 is 1. The second-order valence-corrected chi connectivity index (χ2v) is 4.26. The van der Waals surface area contributed by atoms with Gasteiger partial charge in [-0.3, -0.25) is 0 Å². The third-order valence-electron chi connectivity index (χ3n) is 1.13. The zero-order valence-electron chi connectivity index (χ0n) is 6.70. The topological polar surface area (TPSA) is 39.4 Å². The second kappa shape index (κ2) is 4.47. The van der Waals surface area contributed by atoms with Gasteiger partial charge in [0.05, 0.1) is 7.11 Å². The lowest BCUT2D eigenvalue weighted by atomic mass is 10.5. The molecule has 0 saturated heterocycles. The number of esters is 1. The van der Waals surface area contributed by atoms with Crippen molar-refractivity contribution in [1.29, 1.82) is 0 Å². The Morgan fingerprint density at radius 2 is 2.33 bits per heavy atom. The van der Waals surface area contributed by atoms with Crippen molar-refractivity contribution >= 4 is 27.6 Å². The fourth-order valence-electron chi connectivity index (χ4n) is 0.657. The molecule has 0 aliphatic rings. The van der Waals surface area contributed by atoms with Crippen molar-refractivity contribution in [1.82, 2.24) is 0 Å². The molecule has 0 bridgehead atoms. The molecule has 0 aromatic carbocycles. The van der Waals surface area contributed by atoms with Gasteiger partial charge < -0.3 is 9.15 Å². The summed E-state index contributed by atoms with van der Waals surface area (Å²) >= 11 is 0. The minimum atomic E-state index is -0.442. The maximum absolute atomic E-state index is 10.9. The van der Waals surface area contributed by atoms with E-state index in [-0.39, 0.29) is 5.76 Å². The van der Waals surface area contributed by atoms with Gasteiger partial charge in [-0.05, 0) is 29.2 Å². The molecule has 1 heterocycles. The van der Waals surface area contributed by atoms with Gasteiger partial charge in [0.1, 0.15) is 0 Å². The Morgan fingerprint density at radius 3 is 2.92 bits per heavy atom. The minimum absolute atomic E-state index is 0.244. The zero-order valence-corrected chi connectivity index (χ0v) is 8.33. The van der Waals surface area contributed by atoms with Gasteiger partial charge in [0.2, 0.25) is 5.76 Å².